The maximum Gasteiger partial charge on any atom is 0.410 e. The van der Waals surface area contributed by atoms with E-state index < -0.39 is 39.0 Å². The van der Waals surface area contributed by atoms with Crippen LogP contribution in [0.25, 0.3) is 0 Å². The van der Waals surface area contributed by atoms with Crippen molar-refractivity contribution in [1.29, 1.82) is 0 Å². The van der Waals surface area contributed by atoms with E-state index in [4.69, 9.17) is 13.1 Å². The largest absolute Gasteiger partial charge is 0.445 e. The van der Waals surface area contributed by atoms with Gasteiger partial charge in [-0.1, -0.05) is 91.0 Å². The van der Waals surface area contributed by atoms with Crippen molar-refractivity contribution in [2.75, 3.05) is 19.7 Å². The first-order valence-corrected chi connectivity index (χ1v) is 16.6. The molecular weight excluding hydrogens is 566 g/mol. The summed E-state index contributed by atoms with van der Waals surface area (Å²) in [6.07, 6.45) is 0.0459. The van der Waals surface area contributed by atoms with Crippen LogP contribution in [0.15, 0.2) is 91.0 Å². The van der Waals surface area contributed by atoms with E-state index in [9.17, 15) is 21.6 Å². The second-order valence-corrected chi connectivity index (χ2v) is 13.3. The molecule has 0 radical (unpaired) electrons. The number of amides is 1. The summed E-state index contributed by atoms with van der Waals surface area (Å²) in [5.41, 5.74) is 2.02. The predicted octanol–water partition coefficient (Wildman–Crippen LogP) is 4.89. The monoisotopic (exact) mass is 601 g/mol. The molecule has 11 heteroatoms. The van der Waals surface area contributed by atoms with E-state index in [2.05, 4.69) is 0 Å². The van der Waals surface area contributed by atoms with Gasteiger partial charge in [0.2, 0.25) is 0 Å². The first-order chi connectivity index (χ1) is 19.7. The third kappa shape index (κ3) is 10.6. The van der Waals surface area contributed by atoms with Gasteiger partial charge in [-0.15, -0.1) is 0 Å². The van der Waals surface area contributed by atoms with Gasteiger partial charge in [-0.3, -0.25) is 8.37 Å². The van der Waals surface area contributed by atoms with Crippen LogP contribution in [0.3, 0.4) is 0 Å². The van der Waals surface area contributed by atoms with Crippen molar-refractivity contribution in [3.05, 3.63) is 108 Å². The van der Waals surface area contributed by atoms with Crippen molar-refractivity contribution in [3.63, 3.8) is 0 Å². The fourth-order valence-corrected chi connectivity index (χ4v) is 6.95. The molecular formula is C30H35NO8S2. The highest BCUT2D eigenvalue weighted by Crippen LogP contribution is 2.26. The number of carbonyl (C=O) groups is 1. The molecule has 0 spiro atoms. The summed E-state index contributed by atoms with van der Waals surface area (Å²) in [7, 11) is -8.01. The Morgan fingerprint density at radius 2 is 1.22 bits per heavy atom. The first kappa shape index (κ1) is 30.7. The van der Waals surface area contributed by atoms with E-state index in [1.165, 1.54) is 0 Å². The lowest BCUT2D eigenvalue weighted by molar-refractivity contribution is 0.0684. The highest BCUT2D eigenvalue weighted by atomic mass is 32.2. The zero-order chi connectivity index (χ0) is 29.1. The van der Waals surface area contributed by atoms with Crippen molar-refractivity contribution in [1.82, 2.24) is 4.90 Å². The third-order valence-corrected chi connectivity index (χ3v) is 9.20. The average Bonchev–Trinajstić information content (AvgIpc) is 2.96. The Morgan fingerprint density at radius 1 is 0.732 bits per heavy atom. The number of benzene rings is 3. The van der Waals surface area contributed by atoms with Crippen LogP contribution >= 0.6 is 0 Å². The van der Waals surface area contributed by atoms with Crippen LogP contribution in [0.2, 0.25) is 0 Å². The number of hydrogen-bond acceptors (Lipinski definition) is 8. The Hall–Kier alpha value is -3.25. The van der Waals surface area contributed by atoms with Gasteiger partial charge in [0.25, 0.3) is 20.2 Å². The van der Waals surface area contributed by atoms with Crippen molar-refractivity contribution in [2.45, 2.75) is 43.5 Å². The summed E-state index contributed by atoms with van der Waals surface area (Å²) < 4.78 is 67.3. The summed E-state index contributed by atoms with van der Waals surface area (Å²) in [6, 6.07) is 26.6. The standard InChI is InChI=1S/C30H35NO8S2/c32-30(37-21-26-10-4-1-5-11-26)31-18-16-25(17-19-31)20-29(39-41(35,36)24-28-14-8-3-9-15-28)22-38-40(33,34)23-27-12-6-2-7-13-27/h1-15,25,29H,16-24H2/t29-/m0/s1. The van der Waals surface area contributed by atoms with Gasteiger partial charge in [0.15, 0.2) is 0 Å². The van der Waals surface area contributed by atoms with Crippen LogP contribution in [0.4, 0.5) is 4.79 Å². The second kappa shape index (κ2) is 14.6. The van der Waals surface area contributed by atoms with Gasteiger partial charge in [0.1, 0.15) is 24.2 Å². The lowest BCUT2D eigenvalue weighted by Crippen LogP contribution is -2.40. The molecule has 1 atom stereocenters. The molecule has 0 bridgehead atoms. The maximum atomic E-state index is 12.9. The number of rotatable bonds is 13. The number of ether oxygens (including phenoxy) is 1. The summed E-state index contributed by atoms with van der Waals surface area (Å²) in [4.78, 5) is 14.2. The van der Waals surface area contributed by atoms with Gasteiger partial charge >= 0.3 is 6.09 Å². The van der Waals surface area contributed by atoms with Crippen molar-refractivity contribution >= 4 is 26.3 Å². The minimum absolute atomic E-state index is 0.00512. The molecule has 0 unspecified atom stereocenters. The van der Waals surface area contributed by atoms with Gasteiger partial charge in [0.05, 0.1) is 6.61 Å². The third-order valence-electron chi connectivity index (χ3n) is 6.76. The molecule has 1 amide bonds. The number of piperidine rings is 1. The molecule has 4 rings (SSSR count). The molecule has 0 saturated carbocycles. The molecule has 0 aromatic heterocycles. The van der Waals surface area contributed by atoms with Crippen LogP contribution < -0.4 is 0 Å². The maximum absolute atomic E-state index is 12.9. The second-order valence-electron chi connectivity index (χ2n) is 10.1. The smallest absolute Gasteiger partial charge is 0.410 e. The molecule has 1 aliphatic rings. The average molecular weight is 602 g/mol. The van der Waals surface area contributed by atoms with E-state index in [1.54, 1.807) is 65.6 Å². The van der Waals surface area contributed by atoms with Gasteiger partial charge in [-0.05, 0) is 41.9 Å². The highest BCUT2D eigenvalue weighted by molar-refractivity contribution is 7.86. The van der Waals surface area contributed by atoms with E-state index >= 15 is 0 Å². The summed E-state index contributed by atoms with van der Waals surface area (Å²) in [5.74, 6) is -0.668. The Kier molecular flexibility index (Phi) is 10.9. The van der Waals surface area contributed by atoms with E-state index in [0.717, 1.165) is 5.56 Å². The van der Waals surface area contributed by atoms with Gasteiger partial charge < -0.3 is 9.64 Å². The minimum atomic E-state index is -4.03. The molecule has 1 heterocycles. The quantitative estimate of drug-likeness (QED) is 0.255. The molecule has 3 aromatic carbocycles. The Labute approximate surface area is 242 Å². The zero-order valence-electron chi connectivity index (χ0n) is 22.7. The summed E-state index contributed by atoms with van der Waals surface area (Å²) >= 11 is 0. The van der Waals surface area contributed by atoms with Gasteiger partial charge in [-0.25, -0.2) is 4.79 Å². The van der Waals surface area contributed by atoms with Crippen LogP contribution in [0.5, 0.6) is 0 Å². The molecule has 9 nitrogen and oxygen atoms in total. The Bertz CT molecular complexity index is 1440. The number of nitrogens with zero attached hydrogens (tertiary/aromatic N) is 1. The Balaban J connectivity index is 1.34. The SMILES string of the molecule is O=C(OCc1ccccc1)N1CCC(C[C@@H](COS(=O)(=O)Cc2ccccc2)OS(=O)(=O)Cc2ccccc2)CC1. The number of carbonyl (C=O) groups excluding carboxylic acids is 1. The number of hydrogen-bond donors (Lipinski definition) is 0. The van der Waals surface area contributed by atoms with Gasteiger partial charge in [0, 0.05) is 13.1 Å². The van der Waals surface area contributed by atoms with Crippen molar-refractivity contribution in [3.8, 4) is 0 Å². The number of likely N-dealkylation sites (tertiary alicyclic amines) is 1. The van der Waals surface area contributed by atoms with E-state index in [0.29, 0.717) is 37.1 Å². The lowest BCUT2D eigenvalue weighted by atomic mass is 9.91. The predicted molar refractivity (Wildman–Crippen MR) is 154 cm³/mol. The van der Waals surface area contributed by atoms with Crippen LogP contribution in [-0.2, 0) is 51.5 Å². The fourth-order valence-electron chi connectivity index (χ4n) is 4.69. The molecule has 220 valence electrons. The summed E-state index contributed by atoms with van der Waals surface area (Å²) in [5, 5.41) is 0. The zero-order valence-corrected chi connectivity index (χ0v) is 24.3. The fraction of sp³-hybridized carbons (Fsp3) is 0.367. The van der Waals surface area contributed by atoms with Crippen LogP contribution in [0, 0.1) is 5.92 Å². The Morgan fingerprint density at radius 3 is 1.76 bits per heavy atom. The van der Waals surface area contributed by atoms with E-state index in [-0.39, 0.29) is 30.5 Å². The topological polar surface area (TPSA) is 116 Å². The summed E-state index contributed by atoms with van der Waals surface area (Å²) in [6.45, 7) is 0.635. The van der Waals surface area contributed by atoms with Crippen LogP contribution in [-0.4, -0.2) is 53.6 Å². The van der Waals surface area contributed by atoms with Gasteiger partial charge in [-0.2, -0.15) is 16.8 Å². The minimum Gasteiger partial charge on any atom is -0.445 e. The molecule has 1 aliphatic heterocycles. The molecule has 0 N–H and O–H groups in total. The molecule has 41 heavy (non-hydrogen) atoms. The normalized spacial score (nSPS) is 15.4. The molecule has 1 fully saturated rings. The molecule has 0 aliphatic carbocycles. The van der Waals surface area contributed by atoms with Crippen LogP contribution in [0.1, 0.15) is 36.0 Å². The lowest BCUT2D eigenvalue weighted by Gasteiger charge is -2.32. The van der Waals surface area contributed by atoms with Crippen molar-refractivity contribution in [2.24, 2.45) is 5.92 Å². The first-order valence-electron chi connectivity index (χ1n) is 13.5. The molecule has 1 saturated heterocycles. The van der Waals surface area contributed by atoms with E-state index in [1.807, 2.05) is 30.3 Å². The molecule has 3 aromatic rings. The van der Waals surface area contributed by atoms with Crippen molar-refractivity contribution < 1.29 is 34.7 Å². The highest BCUT2D eigenvalue weighted by Gasteiger charge is 2.30.